The number of aromatic hydroxyl groups is 2. The van der Waals surface area contributed by atoms with E-state index in [9.17, 15) is 15.0 Å². The molecule has 0 atom stereocenters. The van der Waals surface area contributed by atoms with Crippen LogP contribution in [0.4, 0.5) is 5.69 Å². The second-order valence-corrected chi connectivity index (χ2v) is 5.84. The van der Waals surface area contributed by atoms with Gasteiger partial charge < -0.3 is 20.4 Å². The molecule has 2 aromatic carbocycles. The fraction of sp³-hybridized carbons (Fsp3) is 0.278. The Morgan fingerprint density at radius 1 is 1.17 bits per heavy atom. The van der Waals surface area contributed by atoms with E-state index in [0.717, 1.165) is 24.2 Å². The molecule has 0 aromatic heterocycles. The fourth-order valence-corrected chi connectivity index (χ4v) is 2.83. The van der Waals surface area contributed by atoms with Gasteiger partial charge in [0.05, 0.1) is 0 Å². The minimum atomic E-state index is -0.143. The first-order valence-electron chi connectivity index (χ1n) is 7.68. The molecule has 3 rings (SSSR count). The number of hydrogen-bond donors (Lipinski definition) is 3. The second-order valence-electron chi connectivity index (χ2n) is 5.84. The maximum absolute atomic E-state index is 12.2. The SMILES string of the molecule is CN1CCc2ccc(C(=O)NCCc3ccc(O)c(O)c3)cc21. The molecule has 1 aliphatic rings. The summed E-state index contributed by atoms with van der Waals surface area (Å²) >= 11 is 0. The number of nitrogens with one attached hydrogen (secondary N) is 1. The lowest BCUT2D eigenvalue weighted by molar-refractivity contribution is 0.0954. The van der Waals surface area contributed by atoms with Gasteiger partial charge in [-0.15, -0.1) is 0 Å². The molecule has 0 bridgehead atoms. The summed E-state index contributed by atoms with van der Waals surface area (Å²) < 4.78 is 0. The average Bonchev–Trinajstić information content (AvgIpc) is 2.91. The van der Waals surface area contributed by atoms with Crippen LogP contribution < -0.4 is 10.2 Å². The summed E-state index contributed by atoms with van der Waals surface area (Å²) in [7, 11) is 2.03. The van der Waals surface area contributed by atoms with Crippen LogP contribution in [-0.4, -0.2) is 36.3 Å². The zero-order chi connectivity index (χ0) is 16.4. The number of hydrogen-bond acceptors (Lipinski definition) is 4. The van der Waals surface area contributed by atoms with Gasteiger partial charge in [-0.25, -0.2) is 0 Å². The lowest BCUT2D eigenvalue weighted by Gasteiger charge is -2.13. The number of phenols is 2. The van der Waals surface area contributed by atoms with E-state index in [0.29, 0.717) is 18.5 Å². The van der Waals surface area contributed by atoms with Gasteiger partial charge in [-0.05, 0) is 48.2 Å². The van der Waals surface area contributed by atoms with Crippen molar-refractivity contribution in [3.8, 4) is 11.5 Å². The molecule has 5 nitrogen and oxygen atoms in total. The minimum absolute atomic E-state index is 0.101. The third kappa shape index (κ3) is 3.23. The molecule has 1 amide bonds. The van der Waals surface area contributed by atoms with Gasteiger partial charge in [-0.3, -0.25) is 4.79 Å². The summed E-state index contributed by atoms with van der Waals surface area (Å²) in [6.45, 7) is 1.46. The molecule has 0 unspecified atom stereocenters. The predicted octanol–water partition coefficient (Wildman–Crippen LogP) is 2.06. The maximum atomic E-state index is 12.2. The summed E-state index contributed by atoms with van der Waals surface area (Å²) in [6.07, 6.45) is 1.61. The number of nitrogens with zero attached hydrogens (tertiary/aromatic N) is 1. The number of benzene rings is 2. The molecule has 0 saturated heterocycles. The van der Waals surface area contributed by atoms with Crippen LogP contribution in [0, 0.1) is 0 Å². The summed E-state index contributed by atoms with van der Waals surface area (Å²) in [5.41, 5.74) is 3.92. The Kier molecular flexibility index (Phi) is 4.10. The first-order valence-corrected chi connectivity index (χ1v) is 7.68. The number of anilines is 1. The van der Waals surface area contributed by atoms with Gasteiger partial charge in [-0.1, -0.05) is 12.1 Å². The van der Waals surface area contributed by atoms with Gasteiger partial charge >= 0.3 is 0 Å². The lowest BCUT2D eigenvalue weighted by atomic mass is 10.1. The highest BCUT2D eigenvalue weighted by atomic mass is 16.3. The zero-order valence-electron chi connectivity index (χ0n) is 13.0. The Morgan fingerprint density at radius 3 is 2.78 bits per heavy atom. The predicted molar refractivity (Wildman–Crippen MR) is 89.2 cm³/mol. The van der Waals surface area contributed by atoms with Crippen LogP contribution >= 0.6 is 0 Å². The molecule has 23 heavy (non-hydrogen) atoms. The molecule has 0 aliphatic carbocycles. The summed E-state index contributed by atoms with van der Waals surface area (Å²) in [6, 6.07) is 10.5. The molecule has 5 heteroatoms. The minimum Gasteiger partial charge on any atom is -0.504 e. The third-order valence-electron chi connectivity index (χ3n) is 4.21. The van der Waals surface area contributed by atoms with Crippen LogP contribution in [-0.2, 0) is 12.8 Å². The van der Waals surface area contributed by atoms with Crippen LogP contribution in [0.1, 0.15) is 21.5 Å². The highest BCUT2D eigenvalue weighted by Gasteiger charge is 2.17. The second kappa shape index (κ2) is 6.20. The standard InChI is InChI=1S/C18H20N2O3/c1-20-9-7-13-3-4-14(11-15(13)20)18(23)19-8-6-12-2-5-16(21)17(22)10-12/h2-5,10-11,21-22H,6-9H2,1H3,(H,19,23). The number of amides is 1. The first kappa shape index (κ1) is 15.2. The van der Waals surface area contributed by atoms with Crippen molar-refractivity contribution in [1.82, 2.24) is 5.32 Å². The normalized spacial score (nSPS) is 13.0. The van der Waals surface area contributed by atoms with Gasteiger partial charge in [-0.2, -0.15) is 0 Å². The van der Waals surface area contributed by atoms with Crippen molar-refractivity contribution < 1.29 is 15.0 Å². The topological polar surface area (TPSA) is 72.8 Å². The number of phenolic OH excluding ortho intramolecular Hbond substituents is 2. The van der Waals surface area contributed by atoms with E-state index in [1.807, 2.05) is 25.2 Å². The van der Waals surface area contributed by atoms with Crippen molar-refractivity contribution in [3.63, 3.8) is 0 Å². The Morgan fingerprint density at radius 2 is 2.00 bits per heavy atom. The van der Waals surface area contributed by atoms with E-state index in [4.69, 9.17) is 0 Å². The van der Waals surface area contributed by atoms with Crippen LogP contribution in [0.3, 0.4) is 0 Å². The zero-order valence-corrected chi connectivity index (χ0v) is 13.0. The van der Waals surface area contributed by atoms with E-state index < -0.39 is 0 Å². The molecule has 2 aromatic rings. The molecular formula is C18H20N2O3. The maximum Gasteiger partial charge on any atom is 0.251 e. The van der Waals surface area contributed by atoms with Gasteiger partial charge in [0, 0.05) is 31.4 Å². The average molecular weight is 312 g/mol. The van der Waals surface area contributed by atoms with Crippen molar-refractivity contribution in [3.05, 3.63) is 53.1 Å². The lowest BCUT2D eigenvalue weighted by Crippen LogP contribution is -2.25. The van der Waals surface area contributed by atoms with Crippen LogP contribution in [0.2, 0.25) is 0 Å². The number of carbonyl (C=O) groups excluding carboxylic acids is 1. The Balaban J connectivity index is 1.59. The number of likely N-dealkylation sites (N-methyl/N-ethyl adjacent to an activating group) is 1. The highest BCUT2D eigenvalue weighted by molar-refractivity contribution is 5.95. The van der Waals surface area contributed by atoms with Gasteiger partial charge in [0.2, 0.25) is 0 Å². The van der Waals surface area contributed by atoms with Crippen molar-refractivity contribution in [2.75, 3.05) is 25.0 Å². The molecule has 0 fully saturated rings. The molecule has 120 valence electrons. The quantitative estimate of drug-likeness (QED) is 0.756. The van der Waals surface area contributed by atoms with E-state index in [1.54, 1.807) is 6.07 Å². The molecule has 0 radical (unpaired) electrons. The Hall–Kier alpha value is -2.69. The fourth-order valence-electron chi connectivity index (χ4n) is 2.83. The van der Waals surface area contributed by atoms with E-state index in [2.05, 4.69) is 10.2 Å². The summed E-state index contributed by atoms with van der Waals surface area (Å²) in [5.74, 6) is -0.383. The van der Waals surface area contributed by atoms with Gasteiger partial charge in [0.15, 0.2) is 11.5 Å². The van der Waals surface area contributed by atoms with Crippen LogP contribution in [0.25, 0.3) is 0 Å². The van der Waals surface area contributed by atoms with Gasteiger partial charge in [0.25, 0.3) is 5.91 Å². The molecule has 0 spiro atoms. The molecule has 3 N–H and O–H groups in total. The number of fused-ring (bicyclic) bond motifs is 1. The number of carbonyl (C=O) groups is 1. The molecule has 0 saturated carbocycles. The van der Waals surface area contributed by atoms with Crippen LogP contribution in [0.5, 0.6) is 11.5 Å². The number of rotatable bonds is 4. The van der Waals surface area contributed by atoms with Gasteiger partial charge in [0.1, 0.15) is 0 Å². The highest BCUT2D eigenvalue weighted by Crippen LogP contribution is 2.27. The van der Waals surface area contributed by atoms with Crippen molar-refractivity contribution >= 4 is 11.6 Å². The van der Waals surface area contributed by atoms with Crippen molar-refractivity contribution in [2.45, 2.75) is 12.8 Å². The first-order chi connectivity index (χ1) is 11.0. The molecular weight excluding hydrogens is 292 g/mol. The molecule has 1 heterocycles. The molecule has 1 aliphatic heterocycles. The summed E-state index contributed by atoms with van der Waals surface area (Å²) in [5, 5.41) is 21.6. The Labute approximate surface area is 135 Å². The van der Waals surface area contributed by atoms with Crippen LogP contribution in [0.15, 0.2) is 36.4 Å². The smallest absolute Gasteiger partial charge is 0.251 e. The Bertz CT molecular complexity index is 743. The van der Waals surface area contributed by atoms with Crippen molar-refractivity contribution in [1.29, 1.82) is 0 Å². The largest absolute Gasteiger partial charge is 0.504 e. The monoisotopic (exact) mass is 312 g/mol. The third-order valence-corrected chi connectivity index (χ3v) is 4.21. The van der Waals surface area contributed by atoms with E-state index in [1.165, 1.54) is 17.7 Å². The van der Waals surface area contributed by atoms with Crippen molar-refractivity contribution in [2.24, 2.45) is 0 Å². The van der Waals surface area contributed by atoms with E-state index >= 15 is 0 Å². The van der Waals surface area contributed by atoms with E-state index in [-0.39, 0.29) is 17.4 Å². The summed E-state index contributed by atoms with van der Waals surface area (Å²) in [4.78, 5) is 14.4.